The normalized spacial score (nSPS) is 10.7. The lowest BCUT2D eigenvalue weighted by Gasteiger charge is -2.13. The van der Waals surface area contributed by atoms with E-state index in [4.69, 9.17) is 0 Å². The van der Waals surface area contributed by atoms with Crippen LogP contribution >= 0.6 is 0 Å². The number of nitrogens with one attached hydrogen (secondary N) is 3. The second-order valence-corrected chi connectivity index (χ2v) is 6.35. The van der Waals surface area contributed by atoms with Crippen LogP contribution in [0.1, 0.15) is 29.8 Å². The first-order valence-corrected chi connectivity index (χ1v) is 8.77. The molecule has 0 atom stereocenters. The minimum Gasteiger partial charge on any atom is -0.326 e. The zero-order chi connectivity index (χ0) is 20.4. The molecular weight excluding hydrogens is 360 g/mol. The van der Waals surface area contributed by atoms with E-state index in [1.54, 1.807) is 44.2 Å². The smallest absolute Gasteiger partial charge is 0.316 e. The quantitative estimate of drug-likeness (QED) is 0.602. The molecule has 0 unspecified atom stereocenters. The molecule has 8 heteroatoms. The van der Waals surface area contributed by atoms with Crippen molar-refractivity contribution >= 4 is 34.2 Å². The molecule has 0 aliphatic carbocycles. The van der Waals surface area contributed by atoms with E-state index in [0.29, 0.717) is 34.5 Å². The highest BCUT2D eigenvalue weighted by Gasteiger charge is 2.13. The van der Waals surface area contributed by atoms with Gasteiger partial charge in [0, 0.05) is 30.4 Å². The number of nitrogens with zero attached hydrogens (tertiary/aromatic N) is 1. The van der Waals surface area contributed by atoms with Crippen LogP contribution in [0.25, 0.3) is 11.0 Å². The Labute approximate surface area is 160 Å². The van der Waals surface area contributed by atoms with Crippen LogP contribution in [0.4, 0.5) is 11.4 Å². The highest BCUT2D eigenvalue weighted by atomic mass is 16.2. The predicted molar refractivity (Wildman–Crippen MR) is 108 cm³/mol. The maximum absolute atomic E-state index is 12.7. The zero-order valence-electron chi connectivity index (χ0n) is 15.8. The summed E-state index contributed by atoms with van der Waals surface area (Å²) in [6.07, 6.45) is 0. The molecule has 0 fully saturated rings. The van der Waals surface area contributed by atoms with Gasteiger partial charge in [-0.15, -0.1) is 0 Å². The Morgan fingerprint density at radius 3 is 2.39 bits per heavy atom. The number of aromatic amines is 1. The molecule has 0 aliphatic heterocycles. The van der Waals surface area contributed by atoms with Crippen LogP contribution in [0.5, 0.6) is 0 Å². The Balaban J connectivity index is 1.97. The van der Waals surface area contributed by atoms with Crippen LogP contribution in [0.2, 0.25) is 0 Å². The van der Waals surface area contributed by atoms with E-state index in [9.17, 15) is 19.2 Å². The molecule has 0 saturated heterocycles. The van der Waals surface area contributed by atoms with Crippen molar-refractivity contribution in [2.45, 2.75) is 27.3 Å². The topological polar surface area (TPSA) is 113 Å². The first-order valence-electron chi connectivity index (χ1n) is 8.77. The summed E-state index contributed by atoms with van der Waals surface area (Å²) in [5.41, 5.74) is 1.82. The number of hydrogen-bond donors (Lipinski definition) is 3. The molecule has 3 aromatic rings. The van der Waals surface area contributed by atoms with Gasteiger partial charge in [0.15, 0.2) is 0 Å². The van der Waals surface area contributed by atoms with E-state index in [1.807, 2.05) is 0 Å². The lowest BCUT2D eigenvalue weighted by molar-refractivity contribution is -0.114. The van der Waals surface area contributed by atoms with Crippen LogP contribution in [-0.2, 0) is 11.3 Å². The lowest BCUT2D eigenvalue weighted by Crippen LogP contribution is -2.36. The van der Waals surface area contributed by atoms with Crippen LogP contribution in [0, 0.1) is 6.92 Å². The van der Waals surface area contributed by atoms with E-state index >= 15 is 0 Å². The molecule has 0 spiro atoms. The monoisotopic (exact) mass is 380 g/mol. The first-order chi connectivity index (χ1) is 13.3. The Bertz CT molecular complexity index is 1210. The number of rotatable bonds is 4. The molecule has 8 nitrogen and oxygen atoms in total. The van der Waals surface area contributed by atoms with Crippen molar-refractivity contribution in [1.82, 2.24) is 9.55 Å². The summed E-state index contributed by atoms with van der Waals surface area (Å²) in [6.45, 7) is 5.32. The van der Waals surface area contributed by atoms with E-state index in [-0.39, 0.29) is 11.8 Å². The zero-order valence-corrected chi connectivity index (χ0v) is 15.8. The van der Waals surface area contributed by atoms with Gasteiger partial charge in [-0.3, -0.25) is 19.2 Å². The van der Waals surface area contributed by atoms with Crippen molar-refractivity contribution < 1.29 is 9.59 Å². The first kappa shape index (κ1) is 19.1. The molecule has 0 saturated carbocycles. The maximum Gasteiger partial charge on any atom is 0.316 e. The van der Waals surface area contributed by atoms with Gasteiger partial charge in [-0.1, -0.05) is 6.07 Å². The maximum atomic E-state index is 12.7. The highest BCUT2D eigenvalue weighted by Crippen LogP contribution is 2.24. The van der Waals surface area contributed by atoms with Gasteiger partial charge in [0.2, 0.25) is 5.91 Å². The van der Waals surface area contributed by atoms with Gasteiger partial charge >= 0.3 is 11.1 Å². The van der Waals surface area contributed by atoms with Crippen LogP contribution in [-0.4, -0.2) is 21.4 Å². The van der Waals surface area contributed by atoms with Gasteiger partial charge in [-0.05, 0) is 49.7 Å². The van der Waals surface area contributed by atoms with Crippen LogP contribution in [0.15, 0.2) is 46.0 Å². The number of aromatic nitrogens is 2. The Kier molecular flexibility index (Phi) is 5.12. The fraction of sp³-hybridized carbons (Fsp3) is 0.200. The highest BCUT2D eigenvalue weighted by molar-refractivity contribution is 6.06. The SMILES string of the molecule is CCn1c(=O)c(=O)[nH]c2cc(C(=O)Nc3cccc(NC(C)=O)c3C)ccc21. The summed E-state index contributed by atoms with van der Waals surface area (Å²) >= 11 is 0. The summed E-state index contributed by atoms with van der Waals surface area (Å²) in [5, 5.41) is 5.52. The van der Waals surface area contributed by atoms with E-state index in [1.165, 1.54) is 17.6 Å². The largest absolute Gasteiger partial charge is 0.326 e. The van der Waals surface area contributed by atoms with Crippen molar-refractivity contribution in [3.05, 3.63) is 68.2 Å². The number of benzene rings is 2. The van der Waals surface area contributed by atoms with Crippen LogP contribution in [0.3, 0.4) is 0 Å². The Morgan fingerprint density at radius 1 is 1.07 bits per heavy atom. The van der Waals surface area contributed by atoms with Crippen molar-refractivity contribution in [3.8, 4) is 0 Å². The number of amides is 2. The average Bonchev–Trinajstić information content (AvgIpc) is 2.65. The molecule has 3 rings (SSSR count). The fourth-order valence-electron chi connectivity index (χ4n) is 3.03. The number of carbonyl (C=O) groups is 2. The van der Waals surface area contributed by atoms with Gasteiger partial charge < -0.3 is 20.2 Å². The average molecular weight is 380 g/mol. The van der Waals surface area contributed by atoms with E-state index in [0.717, 1.165) is 5.56 Å². The van der Waals surface area contributed by atoms with Gasteiger partial charge in [0.1, 0.15) is 0 Å². The number of hydrogen-bond acceptors (Lipinski definition) is 4. The molecule has 0 radical (unpaired) electrons. The summed E-state index contributed by atoms with van der Waals surface area (Å²) < 4.78 is 1.36. The summed E-state index contributed by atoms with van der Waals surface area (Å²) in [6, 6.07) is 9.96. The molecule has 2 aromatic carbocycles. The number of anilines is 2. The molecule has 0 bridgehead atoms. The fourth-order valence-corrected chi connectivity index (χ4v) is 3.03. The molecule has 1 aromatic heterocycles. The molecule has 0 aliphatic rings. The minimum absolute atomic E-state index is 0.202. The standard InChI is InChI=1S/C20H20N4O4/c1-4-24-17-9-8-13(10-16(17)23-19(27)20(24)28)18(26)22-15-7-5-6-14(11(15)2)21-12(3)25/h5-10H,4H2,1-3H3,(H,21,25)(H,22,26)(H,23,27). The number of carbonyl (C=O) groups excluding carboxylic acids is 2. The Hall–Kier alpha value is -3.68. The van der Waals surface area contributed by atoms with Crippen molar-refractivity contribution in [3.63, 3.8) is 0 Å². The second-order valence-electron chi connectivity index (χ2n) is 6.35. The van der Waals surface area contributed by atoms with Gasteiger partial charge in [0.05, 0.1) is 11.0 Å². The van der Waals surface area contributed by atoms with Crippen molar-refractivity contribution in [2.75, 3.05) is 10.6 Å². The van der Waals surface area contributed by atoms with E-state index in [2.05, 4.69) is 15.6 Å². The molecule has 1 heterocycles. The number of H-pyrrole nitrogens is 1. The number of fused-ring (bicyclic) bond motifs is 1. The third-order valence-electron chi connectivity index (χ3n) is 4.45. The molecular formula is C20H20N4O4. The predicted octanol–water partition coefficient (Wildman–Crippen LogP) is 2.23. The van der Waals surface area contributed by atoms with Crippen molar-refractivity contribution in [1.29, 1.82) is 0 Å². The molecule has 28 heavy (non-hydrogen) atoms. The minimum atomic E-state index is -0.731. The summed E-state index contributed by atoms with van der Waals surface area (Å²) in [5.74, 6) is -0.577. The lowest BCUT2D eigenvalue weighted by atomic mass is 10.1. The van der Waals surface area contributed by atoms with Gasteiger partial charge in [-0.25, -0.2) is 0 Å². The summed E-state index contributed by atoms with van der Waals surface area (Å²) in [4.78, 5) is 50.3. The van der Waals surface area contributed by atoms with Crippen LogP contribution < -0.4 is 21.8 Å². The third-order valence-corrected chi connectivity index (χ3v) is 4.45. The van der Waals surface area contributed by atoms with E-state index < -0.39 is 11.1 Å². The van der Waals surface area contributed by atoms with Crippen molar-refractivity contribution in [2.24, 2.45) is 0 Å². The van der Waals surface area contributed by atoms with Gasteiger partial charge in [-0.2, -0.15) is 0 Å². The number of aryl methyl sites for hydroxylation is 1. The summed E-state index contributed by atoms with van der Waals surface area (Å²) in [7, 11) is 0. The molecule has 2 amide bonds. The molecule has 3 N–H and O–H groups in total. The second kappa shape index (κ2) is 7.51. The van der Waals surface area contributed by atoms with Gasteiger partial charge in [0.25, 0.3) is 5.91 Å². The Morgan fingerprint density at radius 2 is 1.75 bits per heavy atom. The third kappa shape index (κ3) is 3.57. The molecule has 144 valence electrons.